The van der Waals surface area contributed by atoms with Gasteiger partial charge in [-0.1, -0.05) is 33.1 Å². The molecule has 2 rings (SSSR count). The number of hydrogen-bond acceptors (Lipinski definition) is 3. The Labute approximate surface area is 125 Å². The largest absolute Gasteiger partial charge is 0.389 e. The summed E-state index contributed by atoms with van der Waals surface area (Å²) >= 11 is 0. The molecule has 0 spiro atoms. The highest BCUT2D eigenvalue weighted by molar-refractivity contribution is 4.94. The number of nitrogens with zero attached hydrogens (tertiary/aromatic N) is 1. The molecule has 118 valence electrons. The van der Waals surface area contributed by atoms with Crippen molar-refractivity contribution in [3.8, 4) is 0 Å². The highest BCUT2D eigenvalue weighted by Gasteiger charge is 2.39. The van der Waals surface area contributed by atoms with Gasteiger partial charge in [0.25, 0.3) is 0 Å². The van der Waals surface area contributed by atoms with Crippen molar-refractivity contribution in [3.05, 3.63) is 0 Å². The second-order valence-electron chi connectivity index (χ2n) is 8.04. The number of rotatable bonds is 5. The highest BCUT2D eigenvalue weighted by Crippen LogP contribution is 2.39. The lowest BCUT2D eigenvalue weighted by Crippen LogP contribution is -2.52. The maximum atomic E-state index is 10.6. The fraction of sp³-hybridized carbons (Fsp3) is 1.00. The third-order valence-corrected chi connectivity index (χ3v) is 5.67. The molecule has 3 nitrogen and oxygen atoms in total. The van der Waals surface area contributed by atoms with Crippen molar-refractivity contribution in [2.24, 2.45) is 11.3 Å². The molecule has 0 radical (unpaired) electrons. The van der Waals surface area contributed by atoms with Crippen molar-refractivity contribution in [2.75, 3.05) is 27.2 Å². The van der Waals surface area contributed by atoms with E-state index in [4.69, 9.17) is 0 Å². The predicted octanol–water partition coefficient (Wildman–Crippen LogP) is 2.64. The Morgan fingerprint density at radius 3 is 2.40 bits per heavy atom. The Hall–Kier alpha value is -0.120. The maximum absolute atomic E-state index is 10.6. The fourth-order valence-electron chi connectivity index (χ4n) is 4.76. The SMILES string of the molecule is CNC1C(CN(C)CC2(O)CCCC2)CCCC1(C)C. The van der Waals surface area contributed by atoms with E-state index in [1.165, 1.54) is 32.1 Å². The van der Waals surface area contributed by atoms with Gasteiger partial charge in [0.15, 0.2) is 0 Å². The Kier molecular flexibility index (Phi) is 5.14. The first-order valence-electron chi connectivity index (χ1n) is 8.44. The van der Waals surface area contributed by atoms with Gasteiger partial charge >= 0.3 is 0 Å². The van der Waals surface area contributed by atoms with E-state index in [9.17, 15) is 5.11 Å². The molecule has 0 amide bonds. The van der Waals surface area contributed by atoms with E-state index in [0.29, 0.717) is 17.4 Å². The summed E-state index contributed by atoms with van der Waals surface area (Å²) in [6.07, 6.45) is 8.35. The van der Waals surface area contributed by atoms with Crippen LogP contribution in [0.1, 0.15) is 58.8 Å². The van der Waals surface area contributed by atoms with E-state index in [0.717, 1.165) is 25.9 Å². The number of hydrogen-bond donors (Lipinski definition) is 2. The molecular formula is C17H34N2O. The maximum Gasteiger partial charge on any atom is 0.0774 e. The molecule has 0 aromatic carbocycles. The molecule has 2 N–H and O–H groups in total. The van der Waals surface area contributed by atoms with E-state index in [1.807, 2.05) is 0 Å². The van der Waals surface area contributed by atoms with Gasteiger partial charge in [0, 0.05) is 19.1 Å². The predicted molar refractivity (Wildman–Crippen MR) is 84.9 cm³/mol. The van der Waals surface area contributed by atoms with Crippen LogP contribution >= 0.6 is 0 Å². The van der Waals surface area contributed by atoms with Gasteiger partial charge in [-0.25, -0.2) is 0 Å². The van der Waals surface area contributed by atoms with Crippen LogP contribution in [0.25, 0.3) is 0 Å². The number of likely N-dealkylation sites (N-methyl/N-ethyl adjacent to an activating group) is 1. The van der Waals surface area contributed by atoms with Gasteiger partial charge in [-0.15, -0.1) is 0 Å². The van der Waals surface area contributed by atoms with Crippen molar-refractivity contribution < 1.29 is 5.11 Å². The normalized spacial score (nSPS) is 32.7. The monoisotopic (exact) mass is 282 g/mol. The molecule has 0 heterocycles. The van der Waals surface area contributed by atoms with E-state index < -0.39 is 5.60 Å². The van der Waals surface area contributed by atoms with Crippen molar-refractivity contribution in [2.45, 2.75) is 70.4 Å². The third-order valence-electron chi connectivity index (χ3n) is 5.67. The summed E-state index contributed by atoms with van der Waals surface area (Å²) in [5, 5.41) is 14.1. The van der Waals surface area contributed by atoms with Gasteiger partial charge in [-0.05, 0) is 51.1 Å². The first-order chi connectivity index (χ1) is 9.36. The zero-order chi connectivity index (χ0) is 14.8. The molecule has 2 atom stereocenters. The first-order valence-corrected chi connectivity index (χ1v) is 8.44. The van der Waals surface area contributed by atoms with Crippen molar-refractivity contribution in [1.82, 2.24) is 10.2 Å². The molecule has 0 bridgehead atoms. The van der Waals surface area contributed by atoms with E-state index in [2.05, 4.69) is 38.2 Å². The van der Waals surface area contributed by atoms with E-state index in [-0.39, 0.29) is 0 Å². The summed E-state index contributed by atoms with van der Waals surface area (Å²) in [6.45, 7) is 6.74. The quantitative estimate of drug-likeness (QED) is 0.814. The number of nitrogens with one attached hydrogen (secondary N) is 1. The molecule has 20 heavy (non-hydrogen) atoms. The summed E-state index contributed by atoms with van der Waals surface area (Å²) in [6, 6.07) is 0.594. The second-order valence-corrected chi connectivity index (χ2v) is 8.04. The van der Waals surface area contributed by atoms with Gasteiger partial charge in [0.1, 0.15) is 0 Å². The van der Waals surface area contributed by atoms with Gasteiger partial charge in [0.05, 0.1) is 5.60 Å². The second kappa shape index (κ2) is 6.33. The summed E-state index contributed by atoms with van der Waals surface area (Å²) in [4.78, 5) is 2.38. The molecule has 3 heteroatoms. The molecule has 0 aromatic heterocycles. The Morgan fingerprint density at radius 1 is 1.15 bits per heavy atom. The zero-order valence-electron chi connectivity index (χ0n) is 13.9. The first kappa shape index (κ1) is 16.3. The molecule has 2 aliphatic rings. The minimum atomic E-state index is -0.409. The lowest BCUT2D eigenvalue weighted by molar-refractivity contribution is 0.00438. The Balaban J connectivity index is 1.90. The Morgan fingerprint density at radius 2 is 1.80 bits per heavy atom. The smallest absolute Gasteiger partial charge is 0.0774 e. The summed E-state index contributed by atoms with van der Waals surface area (Å²) < 4.78 is 0. The van der Waals surface area contributed by atoms with Crippen molar-refractivity contribution >= 4 is 0 Å². The van der Waals surface area contributed by atoms with Crippen LogP contribution in [0.4, 0.5) is 0 Å². The van der Waals surface area contributed by atoms with Crippen LogP contribution in [0.2, 0.25) is 0 Å². The van der Waals surface area contributed by atoms with Gasteiger partial charge in [-0.3, -0.25) is 0 Å². The van der Waals surface area contributed by atoms with Crippen LogP contribution in [-0.2, 0) is 0 Å². The molecule has 2 unspecified atom stereocenters. The molecule has 0 aliphatic heterocycles. The van der Waals surface area contributed by atoms with Crippen LogP contribution in [-0.4, -0.2) is 48.8 Å². The highest BCUT2D eigenvalue weighted by atomic mass is 16.3. The summed E-state index contributed by atoms with van der Waals surface area (Å²) in [5.74, 6) is 0.707. The van der Waals surface area contributed by atoms with Crippen LogP contribution in [0.15, 0.2) is 0 Å². The average Bonchev–Trinajstić information content (AvgIpc) is 2.74. The molecule has 0 saturated heterocycles. The van der Waals surface area contributed by atoms with Crippen molar-refractivity contribution in [1.29, 1.82) is 0 Å². The average molecular weight is 282 g/mol. The fourth-order valence-corrected chi connectivity index (χ4v) is 4.76. The topological polar surface area (TPSA) is 35.5 Å². The van der Waals surface area contributed by atoms with Crippen LogP contribution < -0.4 is 5.32 Å². The summed E-state index contributed by atoms with van der Waals surface area (Å²) in [7, 11) is 4.29. The van der Waals surface area contributed by atoms with Gasteiger partial charge < -0.3 is 15.3 Å². The number of aliphatic hydroxyl groups is 1. The zero-order valence-corrected chi connectivity index (χ0v) is 13.9. The molecule has 2 aliphatic carbocycles. The lowest BCUT2D eigenvalue weighted by Gasteiger charge is -2.45. The van der Waals surface area contributed by atoms with E-state index >= 15 is 0 Å². The van der Waals surface area contributed by atoms with Crippen LogP contribution in [0.5, 0.6) is 0 Å². The standard InChI is InChI=1S/C17H34N2O/c1-16(2)9-7-8-14(15(16)18-3)12-19(4)13-17(20)10-5-6-11-17/h14-15,18,20H,5-13H2,1-4H3. The molecule has 2 fully saturated rings. The lowest BCUT2D eigenvalue weighted by atomic mass is 9.68. The van der Waals surface area contributed by atoms with Gasteiger partial charge in [0.2, 0.25) is 0 Å². The summed E-state index contributed by atoms with van der Waals surface area (Å²) in [5.41, 5.74) is -0.0170. The molecule has 2 saturated carbocycles. The molecular weight excluding hydrogens is 248 g/mol. The van der Waals surface area contributed by atoms with Crippen LogP contribution in [0, 0.1) is 11.3 Å². The minimum Gasteiger partial charge on any atom is -0.389 e. The van der Waals surface area contributed by atoms with Gasteiger partial charge in [-0.2, -0.15) is 0 Å². The minimum absolute atomic E-state index is 0.392. The van der Waals surface area contributed by atoms with Crippen molar-refractivity contribution in [3.63, 3.8) is 0 Å². The van der Waals surface area contributed by atoms with Crippen LogP contribution in [0.3, 0.4) is 0 Å². The Bertz CT molecular complexity index is 310. The van der Waals surface area contributed by atoms with E-state index in [1.54, 1.807) is 0 Å². The molecule has 0 aromatic rings. The third kappa shape index (κ3) is 3.75.